The molecular formula is C73H124O17P2. The van der Waals surface area contributed by atoms with Crippen LogP contribution in [-0.2, 0) is 65.4 Å². The summed E-state index contributed by atoms with van der Waals surface area (Å²) in [6.45, 7) is 4.49. The predicted molar refractivity (Wildman–Crippen MR) is 372 cm³/mol. The van der Waals surface area contributed by atoms with E-state index in [4.69, 9.17) is 37.0 Å². The van der Waals surface area contributed by atoms with Gasteiger partial charge in [0.15, 0.2) is 12.2 Å². The summed E-state index contributed by atoms with van der Waals surface area (Å²) >= 11 is 0. The van der Waals surface area contributed by atoms with Gasteiger partial charge in [-0.1, -0.05) is 233 Å². The van der Waals surface area contributed by atoms with E-state index in [0.717, 1.165) is 148 Å². The molecule has 0 aromatic carbocycles. The quantitative estimate of drug-likeness (QED) is 0.0169. The van der Waals surface area contributed by atoms with Gasteiger partial charge in [0.2, 0.25) is 0 Å². The van der Waals surface area contributed by atoms with Crippen LogP contribution in [0, 0.1) is 0 Å². The van der Waals surface area contributed by atoms with Crippen molar-refractivity contribution in [3.05, 3.63) is 109 Å². The fraction of sp³-hybridized carbons (Fsp3) is 0.699. The molecule has 0 saturated heterocycles. The van der Waals surface area contributed by atoms with Crippen molar-refractivity contribution in [2.45, 2.75) is 290 Å². The molecule has 0 aromatic rings. The fourth-order valence-corrected chi connectivity index (χ4v) is 10.4. The van der Waals surface area contributed by atoms with E-state index in [2.05, 4.69) is 119 Å². The first-order valence-corrected chi connectivity index (χ1v) is 38.1. The molecule has 17 nitrogen and oxygen atoms in total. The van der Waals surface area contributed by atoms with Crippen LogP contribution in [0.1, 0.15) is 272 Å². The van der Waals surface area contributed by atoms with Crippen LogP contribution in [-0.4, -0.2) is 96.7 Å². The van der Waals surface area contributed by atoms with Crippen molar-refractivity contribution >= 4 is 39.5 Å². The first-order valence-electron chi connectivity index (χ1n) is 35.1. The molecule has 3 N–H and O–H groups in total. The Morgan fingerprint density at radius 3 is 0.935 bits per heavy atom. The molecule has 0 bridgehead atoms. The molecule has 0 saturated carbocycles. The Bertz CT molecular complexity index is 2180. The molecule has 5 unspecified atom stereocenters. The highest BCUT2D eigenvalue weighted by molar-refractivity contribution is 7.47. The third-order valence-electron chi connectivity index (χ3n) is 14.2. The first-order chi connectivity index (χ1) is 44.7. The number of unbranched alkanes of at least 4 members (excludes halogenated alkanes) is 21. The number of hydrogen-bond donors (Lipinski definition) is 3. The maximum atomic E-state index is 13.0. The van der Waals surface area contributed by atoms with Crippen molar-refractivity contribution in [3.63, 3.8) is 0 Å². The number of carbonyl (C=O) groups excluding carboxylic acids is 4. The predicted octanol–water partition coefficient (Wildman–Crippen LogP) is 19.4. The largest absolute Gasteiger partial charge is 0.472 e. The second kappa shape index (κ2) is 65.4. The molecule has 0 radical (unpaired) electrons. The third-order valence-corrected chi connectivity index (χ3v) is 16.1. The van der Waals surface area contributed by atoms with Gasteiger partial charge < -0.3 is 33.8 Å². The summed E-state index contributed by atoms with van der Waals surface area (Å²) in [6.07, 6.45) is 67.1. The molecule has 0 aliphatic heterocycles. The van der Waals surface area contributed by atoms with Gasteiger partial charge >= 0.3 is 39.5 Å². The van der Waals surface area contributed by atoms with Gasteiger partial charge in [-0.3, -0.25) is 37.3 Å². The Labute approximate surface area is 556 Å². The van der Waals surface area contributed by atoms with E-state index in [1.807, 2.05) is 18.2 Å². The summed E-state index contributed by atoms with van der Waals surface area (Å²) in [5.74, 6) is -2.31. The second-order valence-electron chi connectivity index (χ2n) is 23.1. The van der Waals surface area contributed by atoms with Crippen molar-refractivity contribution in [2.75, 3.05) is 39.6 Å². The highest BCUT2D eigenvalue weighted by atomic mass is 31.2. The summed E-state index contributed by atoms with van der Waals surface area (Å²) in [7, 11) is -9.96. The number of phosphoric acid groups is 2. The molecule has 0 amide bonds. The van der Waals surface area contributed by atoms with E-state index >= 15 is 0 Å². The summed E-state index contributed by atoms with van der Waals surface area (Å²) in [5, 5.41) is 10.6. The summed E-state index contributed by atoms with van der Waals surface area (Å²) in [5.41, 5.74) is 0. The Balaban J connectivity index is 5.36. The Morgan fingerprint density at radius 2 is 0.587 bits per heavy atom. The molecular weight excluding hydrogens is 1210 g/mol. The number of aliphatic hydroxyl groups excluding tert-OH is 1. The van der Waals surface area contributed by atoms with Crippen molar-refractivity contribution in [1.82, 2.24) is 0 Å². The van der Waals surface area contributed by atoms with Crippen LogP contribution in [0.3, 0.4) is 0 Å². The molecule has 0 aromatic heterocycles. The summed E-state index contributed by atoms with van der Waals surface area (Å²) < 4.78 is 68.0. The van der Waals surface area contributed by atoms with Crippen molar-refractivity contribution in [1.29, 1.82) is 0 Å². The number of hydrogen-bond acceptors (Lipinski definition) is 15. The fourth-order valence-electron chi connectivity index (χ4n) is 8.78. The van der Waals surface area contributed by atoms with Gasteiger partial charge in [0.05, 0.1) is 26.4 Å². The zero-order valence-electron chi connectivity index (χ0n) is 57.2. The lowest BCUT2D eigenvalue weighted by Crippen LogP contribution is -2.30. The van der Waals surface area contributed by atoms with E-state index in [9.17, 15) is 43.2 Å². The zero-order valence-corrected chi connectivity index (χ0v) is 59.0. The van der Waals surface area contributed by atoms with E-state index in [0.29, 0.717) is 32.1 Å². The number of carbonyl (C=O) groups is 4. The second-order valence-corrected chi connectivity index (χ2v) is 26.0. The molecule has 528 valence electrons. The molecule has 0 heterocycles. The number of allylic oxidation sites excluding steroid dienone is 18. The van der Waals surface area contributed by atoms with Gasteiger partial charge in [0, 0.05) is 25.7 Å². The van der Waals surface area contributed by atoms with Crippen LogP contribution < -0.4 is 0 Å². The number of rotatable bonds is 65. The van der Waals surface area contributed by atoms with Gasteiger partial charge in [-0.25, -0.2) is 9.13 Å². The van der Waals surface area contributed by atoms with Gasteiger partial charge in [-0.05, 0) is 122 Å². The lowest BCUT2D eigenvalue weighted by molar-refractivity contribution is -0.161. The van der Waals surface area contributed by atoms with Gasteiger partial charge in [-0.2, -0.15) is 0 Å². The monoisotopic (exact) mass is 1330 g/mol. The molecule has 0 aliphatic rings. The lowest BCUT2D eigenvalue weighted by Gasteiger charge is -2.21. The topological polar surface area (TPSA) is 237 Å². The maximum absolute atomic E-state index is 13.0. The minimum absolute atomic E-state index is 0.0333. The molecule has 0 fully saturated rings. The number of esters is 4. The van der Waals surface area contributed by atoms with Crippen LogP contribution in [0.2, 0.25) is 0 Å². The third kappa shape index (κ3) is 64.4. The standard InChI is InChI=1S/C73H124O17P2/c1-5-9-13-17-21-25-29-30-31-32-33-34-35-36-40-42-46-50-54-58-71(76)84-64-69(90-73(78)60-56-52-48-44-39-28-24-20-16-12-8-4)66-88-92(81,82)86-62-67(74)61-85-91(79,80)87-65-68(89-72(77)59-55-51-47-43-38-27-23-19-15-11-7-3)63-83-70(75)57-53-49-45-41-37-26-22-18-14-10-6-2/h9,13,18-25,30-31,33-34,36,40,46,50,67-69,74H,5-8,10-12,14-17,26-29,32,35,37-39,41-45,47-49,51-66H2,1-4H3,(H,79,80)(H,81,82)/b13-9-,22-18-,23-19-,24-20-,25-21-,31-30-,34-33-,40-36-,50-46-. The molecule has 0 aliphatic carbocycles. The van der Waals surface area contributed by atoms with E-state index in [1.54, 1.807) is 0 Å². The first kappa shape index (κ1) is 87.7. The van der Waals surface area contributed by atoms with Crippen LogP contribution >= 0.6 is 15.6 Å². The Kier molecular flexibility index (Phi) is 62.3. The highest BCUT2D eigenvalue weighted by Gasteiger charge is 2.30. The SMILES string of the molecule is CC/C=C\C/C=C\C/C=C\C/C=C\C/C=C\C/C=C\CCC(=O)OCC(COP(=O)(O)OCC(O)COP(=O)(O)OCC(COC(=O)CCCCCCC/C=C\CCCC)OC(=O)CCCCCCC/C=C\CCCC)OC(=O)CCCCCCC/C=C\CCCC. The minimum atomic E-state index is -4.98. The smallest absolute Gasteiger partial charge is 0.462 e. The number of ether oxygens (including phenoxy) is 4. The van der Waals surface area contributed by atoms with Gasteiger partial charge in [0.1, 0.15) is 19.3 Å². The Morgan fingerprint density at radius 1 is 0.315 bits per heavy atom. The molecule has 0 rings (SSSR count). The molecule has 92 heavy (non-hydrogen) atoms. The van der Waals surface area contributed by atoms with E-state index in [1.165, 1.54) is 38.5 Å². The number of phosphoric ester groups is 2. The average molecular weight is 1340 g/mol. The minimum Gasteiger partial charge on any atom is -0.462 e. The lowest BCUT2D eigenvalue weighted by atomic mass is 10.1. The molecule has 0 spiro atoms. The van der Waals surface area contributed by atoms with Crippen LogP contribution in [0.4, 0.5) is 0 Å². The Hall–Kier alpha value is -4.28. The summed E-state index contributed by atoms with van der Waals surface area (Å²) in [4.78, 5) is 72.4. The molecule has 19 heteroatoms. The zero-order chi connectivity index (χ0) is 67.5. The maximum Gasteiger partial charge on any atom is 0.472 e. The van der Waals surface area contributed by atoms with Gasteiger partial charge in [0.25, 0.3) is 0 Å². The van der Waals surface area contributed by atoms with Crippen molar-refractivity contribution in [2.24, 2.45) is 0 Å². The van der Waals surface area contributed by atoms with Crippen molar-refractivity contribution in [3.8, 4) is 0 Å². The van der Waals surface area contributed by atoms with Crippen LogP contribution in [0.25, 0.3) is 0 Å². The summed E-state index contributed by atoms with van der Waals surface area (Å²) in [6, 6.07) is 0. The number of aliphatic hydroxyl groups is 1. The van der Waals surface area contributed by atoms with Crippen LogP contribution in [0.5, 0.6) is 0 Å². The van der Waals surface area contributed by atoms with Crippen molar-refractivity contribution < 1.29 is 80.2 Å². The molecule has 5 atom stereocenters. The van der Waals surface area contributed by atoms with E-state index < -0.39 is 97.5 Å². The normalized spacial score (nSPS) is 14.7. The average Bonchev–Trinajstić information content (AvgIpc) is 2.26. The van der Waals surface area contributed by atoms with Gasteiger partial charge in [-0.15, -0.1) is 0 Å². The van der Waals surface area contributed by atoms with Crippen LogP contribution in [0.15, 0.2) is 109 Å². The van der Waals surface area contributed by atoms with E-state index in [-0.39, 0.29) is 25.7 Å². The highest BCUT2D eigenvalue weighted by Crippen LogP contribution is 2.45.